The standard InChI is InChI=1S/C20H27F3N6O2.C5H7F3.C3H6.C2H3F3.C2H6/c1-5-12(3)31-19(30)29-9-7-8-16(24-18-25-27-28(4)26-18)14-10-13(6-2)15(11-17(14)29)20(21,22)23;1-2-3-4-5(6,7)8;1-3-2;1-2(3,4)5;1-2/h10-12,16H,5-9H2,1-4H3,(H,24,26);2-3H,4H2,1H3;3H,1H2,2H3;1H3;1-2H3/b;3-2+;;;. The first-order chi connectivity index (χ1) is 22.6. The topological polar surface area (TPSA) is 85.2 Å². The fourth-order valence-corrected chi connectivity index (χ4v) is 3.86. The normalized spacial score (nSPS) is 14.9. The highest BCUT2D eigenvalue weighted by atomic mass is 19.4. The van der Waals surface area contributed by atoms with E-state index in [-0.39, 0.29) is 49.2 Å². The summed E-state index contributed by atoms with van der Waals surface area (Å²) in [4.78, 5) is 15.4. The number of ether oxygens (including phenoxy) is 1. The summed E-state index contributed by atoms with van der Waals surface area (Å²) in [5.74, 6) is 0.270. The number of allylic oxidation sites excluding steroid dienone is 3. The Morgan fingerprint density at radius 2 is 1.65 bits per heavy atom. The zero-order valence-corrected chi connectivity index (χ0v) is 29.4. The summed E-state index contributed by atoms with van der Waals surface area (Å²) in [6.07, 6.45) is -8.21. The maximum Gasteiger partial charge on any atom is 0.416 e. The Kier molecular flexibility index (Phi) is 22.0. The highest BCUT2D eigenvalue weighted by Crippen LogP contribution is 2.42. The molecule has 2 unspecified atom stereocenters. The molecule has 0 saturated heterocycles. The second-order valence-electron chi connectivity index (χ2n) is 10.2. The van der Waals surface area contributed by atoms with E-state index in [1.807, 2.05) is 27.7 Å². The predicted molar refractivity (Wildman–Crippen MR) is 173 cm³/mol. The van der Waals surface area contributed by atoms with Gasteiger partial charge in [0.05, 0.1) is 30.8 Å². The molecule has 1 amide bonds. The van der Waals surface area contributed by atoms with Crippen LogP contribution in [0.5, 0.6) is 0 Å². The molecule has 1 aliphatic rings. The van der Waals surface area contributed by atoms with Gasteiger partial charge in [0, 0.05) is 13.5 Å². The van der Waals surface area contributed by atoms with Gasteiger partial charge in [0.15, 0.2) is 0 Å². The lowest BCUT2D eigenvalue weighted by Crippen LogP contribution is -2.34. The first kappa shape index (κ1) is 47.3. The Labute approximate surface area is 282 Å². The van der Waals surface area contributed by atoms with Crippen molar-refractivity contribution < 1.29 is 49.0 Å². The molecule has 0 fully saturated rings. The van der Waals surface area contributed by atoms with Crippen molar-refractivity contribution in [1.29, 1.82) is 0 Å². The quantitative estimate of drug-likeness (QED) is 0.236. The zero-order valence-electron chi connectivity index (χ0n) is 29.4. The van der Waals surface area contributed by atoms with Crippen LogP contribution in [0.25, 0.3) is 0 Å². The van der Waals surface area contributed by atoms with Crippen LogP contribution in [0, 0.1) is 0 Å². The summed E-state index contributed by atoms with van der Waals surface area (Å²) in [6.45, 7) is 16.5. The third-order valence-electron chi connectivity index (χ3n) is 5.97. The number of anilines is 2. The van der Waals surface area contributed by atoms with Gasteiger partial charge in [-0.15, -0.1) is 11.7 Å². The number of nitrogens with zero attached hydrogens (tertiary/aromatic N) is 5. The molecular formula is C32H49F9N6O2. The monoisotopic (exact) mass is 720 g/mol. The molecule has 0 spiro atoms. The van der Waals surface area contributed by atoms with Crippen LogP contribution in [0.4, 0.5) is 55.9 Å². The smallest absolute Gasteiger partial charge is 0.416 e. The number of hydrogen-bond donors (Lipinski definition) is 1. The number of carbonyl (C=O) groups is 1. The molecule has 1 aromatic heterocycles. The van der Waals surface area contributed by atoms with Crippen LogP contribution in [0.1, 0.15) is 104 Å². The second kappa shape index (κ2) is 22.8. The largest absolute Gasteiger partial charge is 0.446 e. The average molecular weight is 721 g/mol. The number of benzene rings is 1. The first-order valence-electron chi connectivity index (χ1n) is 15.7. The highest BCUT2D eigenvalue weighted by molar-refractivity contribution is 5.89. The molecule has 3 rings (SSSR count). The lowest BCUT2D eigenvalue weighted by Gasteiger charge is -2.27. The number of rotatable bonds is 6. The molecule has 2 heterocycles. The number of nitrogens with one attached hydrogen (secondary N) is 1. The summed E-state index contributed by atoms with van der Waals surface area (Å²) in [7, 11) is 1.62. The number of fused-ring (bicyclic) bond motifs is 1. The number of aromatic nitrogens is 4. The molecule has 1 N–H and O–H groups in total. The van der Waals surface area contributed by atoms with E-state index < -0.39 is 36.6 Å². The molecule has 282 valence electrons. The van der Waals surface area contributed by atoms with Gasteiger partial charge in [-0.3, -0.25) is 4.90 Å². The van der Waals surface area contributed by atoms with Crippen LogP contribution >= 0.6 is 0 Å². The number of alkyl halides is 9. The summed E-state index contributed by atoms with van der Waals surface area (Å²) in [5, 5.41) is 15.0. The number of halogens is 9. The molecule has 17 heteroatoms. The van der Waals surface area contributed by atoms with E-state index in [2.05, 4.69) is 27.3 Å². The van der Waals surface area contributed by atoms with Gasteiger partial charge in [0.1, 0.15) is 6.10 Å². The van der Waals surface area contributed by atoms with Crippen molar-refractivity contribution in [3.05, 3.63) is 53.6 Å². The minimum Gasteiger partial charge on any atom is -0.446 e. The molecule has 8 nitrogen and oxygen atoms in total. The highest BCUT2D eigenvalue weighted by Gasteiger charge is 2.37. The van der Waals surface area contributed by atoms with Crippen LogP contribution in [-0.4, -0.2) is 51.3 Å². The summed E-state index contributed by atoms with van der Waals surface area (Å²) >= 11 is 0. The van der Waals surface area contributed by atoms with Gasteiger partial charge in [-0.25, -0.2) is 4.79 Å². The SMILES string of the molecule is C/C=C/CC(F)(F)F.C=CC.CC.CC(F)(F)F.CCc1cc2c(cc1C(F)(F)F)N(C(=O)OC(C)CC)CCCC2Nc1nnn(C)n1. The van der Waals surface area contributed by atoms with Gasteiger partial charge in [-0.05, 0) is 68.9 Å². The van der Waals surface area contributed by atoms with Crippen molar-refractivity contribution in [3.8, 4) is 0 Å². The third kappa shape index (κ3) is 20.4. The minimum absolute atomic E-state index is 0.169. The lowest BCUT2D eigenvalue weighted by molar-refractivity contribution is -0.138. The lowest BCUT2D eigenvalue weighted by atomic mass is 9.94. The van der Waals surface area contributed by atoms with Crippen molar-refractivity contribution in [2.45, 2.75) is 118 Å². The first-order valence-corrected chi connectivity index (χ1v) is 15.7. The van der Waals surface area contributed by atoms with Gasteiger partial charge in [-0.2, -0.15) is 44.3 Å². The van der Waals surface area contributed by atoms with E-state index >= 15 is 0 Å². The Bertz CT molecular complexity index is 1250. The molecule has 0 bridgehead atoms. The van der Waals surface area contributed by atoms with Crippen LogP contribution in [-0.2, 0) is 24.4 Å². The Morgan fingerprint density at radius 1 is 1.10 bits per heavy atom. The van der Waals surface area contributed by atoms with E-state index in [4.69, 9.17) is 4.74 Å². The molecule has 0 radical (unpaired) electrons. The molecule has 49 heavy (non-hydrogen) atoms. The average Bonchev–Trinajstić information content (AvgIpc) is 3.32. The van der Waals surface area contributed by atoms with Gasteiger partial charge in [0.25, 0.3) is 5.95 Å². The van der Waals surface area contributed by atoms with E-state index in [1.165, 1.54) is 21.8 Å². The van der Waals surface area contributed by atoms with E-state index in [0.29, 0.717) is 24.8 Å². The van der Waals surface area contributed by atoms with Crippen molar-refractivity contribution in [2.24, 2.45) is 7.05 Å². The summed E-state index contributed by atoms with van der Waals surface area (Å²) in [6, 6.07) is 2.21. The van der Waals surface area contributed by atoms with Gasteiger partial charge in [-0.1, -0.05) is 57.1 Å². The summed E-state index contributed by atoms with van der Waals surface area (Å²) in [5.41, 5.74) is 0.197. The Hall–Kier alpha value is -3.79. The molecular weight excluding hydrogens is 671 g/mol. The minimum atomic E-state index is -4.53. The number of aryl methyl sites for hydroxylation is 2. The van der Waals surface area contributed by atoms with Crippen molar-refractivity contribution in [1.82, 2.24) is 20.2 Å². The molecule has 2 aromatic rings. The number of tetrazole rings is 1. The van der Waals surface area contributed by atoms with E-state index in [9.17, 15) is 44.3 Å². The maximum atomic E-state index is 13.8. The number of hydrogen-bond acceptors (Lipinski definition) is 6. The van der Waals surface area contributed by atoms with Gasteiger partial charge < -0.3 is 10.1 Å². The third-order valence-corrected chi connectivity index (χ3v) is 5.97. The fraction of sp³-hybridized carbons (Fsp3) is 0.625. The Balaban J connectivity index is 0. The molecule has 1 aliphatic heterocycles. The molecule has 2 atom stereocenters. The number of carbonyl (C=O) groups excluding carboxylic acids is 1. The maximum absolute atomic E-state index is 13.8. The number of amides is 1. The van der Waals surface area contributed by atoms with Crippen molar-refractivity contribution in [2.75, 3.05) is 16.8 Å². The molecule has 0 aliphatic carbocycles. The van der Waals surface area contributed by atoms with Crippen LogP contribution in [0.15, 0.2) is 36.9 Å². The molecule has 0 saturated carbocycles. The molecule has 1 aromatic carbocycles. The van der Waals surface area contributed by atoms with Crippen LogP contribution in [0.2, 0.25) is 0 Å². The van der Waals surface area contributed by atoms with Gasteiger partial charge >= 0.3 is 24.6 Å². The second-order valence-corrected chi connectivity index (χ2v) is 10.2. The zero-order chi connectivity index (χ0) is 38.6. The predicted octanol–water partition coefficient (Wildman–Crippen LogP) is 10.8. The Morgan fingerprint density at radius 3 is 2.04 bits per heavy atom. The van der Waals surface area contributed by atoms with Crippen LogP contribution < -0.4 is 10.2 Å². The van der Waals surface area contributed by atoms with E-state index in [1.54, 1.807) is 33.9 Å². The fourth-order valence-electron chi connectivity index (χ4n) is 3.86. The van der Waals surface area contributed by atoms with Gasteiger partial charge in [0.2, 0.25) is 0 Å². The van der Waals surface area contributed by atoms with Crippen molar-refractivity contribution >= 4 is 17.7 Å². The van der Waals surface area contributed by atoms with Crippen LogP contribution in [0.3, 0.4) is 0 Å². The summed E-state index contributed by atoms with van der Waals surface area (Å²) < 4.78 is 111. The van der Waals surface area contributed by atoms with E-state index in [0.717, 1.165) is 12.1 Å². The van der Waals surface area contributed by atoms with Crippen molar-refractivity contribution in [3.63, 3.8) is 0 Å².